The molecule has 0 atom stereocenters. The quantitative estimate of drug-likeness (QED) is 0.209. The first-order valence-corrected chi connectivity index (χ1v) is 12.9. The summed E-state index contributed by atoms with van der Waals surface area (Å²) in [5, 5.41) is 1.93. The van der Waals surface area contributed by atoms with E-state index in [1.54, 1.807) is 18.2 Å². The fourth-order valence-electron chi connectivity index (χ4n) is 5.24. The molecule has 0 saturated carbocycles. The van der Waals surface area contributed by atoms with E-state index < -0.39 is 0 Å². The van der Waals surface area contributed by atoms with Crippen LogP contribution in [0.2, 0.25) is 0 Å². The van der Waals surface area contributed by atoms with Crippen molar-refractivity contribution >= 4 is 45.7 Å². The maximum Gasteiger partial charge on any atom is 0.164 e. The first-order valence-electron chi connectivity index (χ1n) is 12.9. The van der Waals surface area contributed by atoms with E-state index in [9.17, 15) is 0 Å². The monoisotopic (exact) mass is 521 g/mol. The van der Waals surface area contributed by atoms with Crippen molar-refractivity contribution in [2.24, 2.45) is 0 Å². The second-order valence-corrected chi connectivity index (χ2v) is 9.58. The first kappa shape index (κ1) is 25.0. The van der Waals surface area contributed by atoms with Gasteiger partial charge in [0.25, 0.3) is 0 Å². The van der Waals surface area contributed by atoms with Gasteiger partial charge in [-0.1, -0.05) is 80.9 Å². The van der Waals surface area contributed by atoms with Crippen molar-refractivity contribution in [1.82, 2.24) is 15.0 Å². The molecule has 3 heterocycles. The number of aromatic nitrogens is 3. The van der Waals surface area contributed by atoms with Crippen molar-refractivity contribution in [3.05, 3.63) is 115 Å². The van der Waals surface area contributed by atoms with Gasteiger partial charge in [-0.3, -0.25) is 0 Å². The van der Waals surface area contributed by atoms with E-state index in [4.69, 9.17) is 13.8 Å². The van der Waals surface area contributed by atoms with Gasteiger partial charge in [-0.15, -0.1) is 0 Å². The third kappa shape index (κ3) is 4.00. The molecule has 0 saturated heterocycles. The van der Waals surface area contributed by atoms with E-state index in [-0.39, 0.29) is 0 Å². The Balaban J connectivity index is 1.45. The standard InChI is InChI=1S/C35H27N3O2/c1-7-24-27(8-2)39-29-14-11-13-26(32(24)29)35-37-21(6)36-34(38-35)23-18-16-22(17-19-23)25-12-10-15-30-33(25)31(20(4)5)28(9-3)40-30/h7-19H,1-4H2,5-6H3. The number of nitrogens with zero attached hydrogens (tertiary/aromatic N) is 3. The average Bonchev–Trinajstić information content (AvgIpc) is 3.55. The first-order chi connectivity index (χ1) is 19.4. The molecule has 5 nitrogen and oxygen atoms in total. The summed E-state index contributed by atoms with van der Waals surface area (Å²) in [6.45, 7) is 19.8. The summed E-state index contributed by atoms with van der Waals surface area (Å²) in [6, 6.07) is 20.1. The highest BCUT2D eigenvalue weighted by molar-refractivity contribution is 6.04. The Morgan fingerprint density at radius 1 is 0.675 bits per heavy atom. The van der Waals surface area contributed by atoms with Crippen molar-refractivity contribution in [3.63, 3.8) is 0 Å². The molecule has 0 N–H and O–H groups in total. The third-order valence-electron chi connectivity index (χ3n) is 6.97. The number of benzene rings is 3. The summed E-state index contributed by atoms with van der Waals surface area (Å²) < 4.78 is 12.1. The highest BCUT2D eigenvalue weighted by atomic mass is 16.3. The molecule has 0 radical (unpaired) electrons. The molecule has 5 heteroatoms. The van der Waals surface area contributed by atoms with Crippen LogP contribution < -0.4 is 0 Å². The second-order valence-electron chi connectivity index (χ2n) is 9.58. The summed E-state index contributed by atoms with van der Waals surface area (Å²) in [5.74, 6) is 3.19. The van der Waals surface area contributed by atoms with Gasteiger partial charge in [0.05, 0.1) is 0 Å². The third-order valence-corrected chi connectivity index (χ3v) is 6.97. The van der Waals surface area contributed by atoms with Gasteiger partial charge in [0, 0.05) is 33.0 Å². The topological polar surface area (TPSA) is 65.0 Å². The zero-order chi connectivity index (χ0) is 28.0. The fraction of sp³-hybridized carbons (Fsp3) is 0.0571. The molecule has 0 aliphatic heterocycles. The van der Waals surface area contributed by atoms with Crippen molar-refractivity contribution in [3.8, 4) is 33.9 Å². The maximum atomic E-state index is 6.06. The van der Waals surface area contributed by atoms with E-state index >= 15 is 0 Å². The fourth-order valence-corrected chi connectivity index (χ4v) is 5.24. The van der Waals surface area contributed by atoms with Crippen LogP contribution in [0.4, 0.5) is 0 Å². The molecule has 3 aromatic carbocycles. The van der Waals surface area contributed by atoms with Crippen LogP contribution in [0.25, 0.3) is 79.6 Å². The molecular formula is C35H27N3O2. The summed E-state index contributed by atoms with van der Waals surface area (Å²) in [6.07, 6.45) is 5.20. The summed E-state index contributed by atoms with van der Waals surface area (Å²) >= 11 is 0. The van der Waals surface area contributed by atoms with Crippen LogP contribution in [-0.4, -0.2) is 15.0 Å². The van der Waals surface area contributed by atoms with Gasteiger partial charge >= 0.3 is 0 Å². The Morgan fingerprint density at radius 2 is 1.27 bits per heavy atom. The van der Waals surface area contributed by atoms with Crippen LogP contribution in [0.1, 0.15) is 35.4 Å². The summed E-state index contributed by atoms with van der Waals surface area (Å²) in [5.41, 5.74) is 8.16. The highest BCUT2D eigenvalue weighted by Gasteiger charge is 2.19. The van der Waals surface area contributed by atoms with Crippen LogP contribution in [0.3, 0.4) is 0 Å². The zero-order valence-corrected chi connectivity index (χ0v) is 22.5. The van der Waals surface area contributed by atoms with Crippen molar-refractivity contribution in [2.75, 3.05) is 0 Å². The van der Waals surface area contributed by atoms with Gasteiger partial charge in [0.1, 0.15) is 28.5 Å². The number of hydrogen-bond acceptors (Lipinski definition) is 5. The van der Waals surface area contributed by atoms with Crippen LogP contribution >= 0.6 is 0 Å². The number of allylic oxidation sites excluding steroid dienone is 1. The van der Waals surface area contributed by atoms with Crippen LogP contribution in [-0.2, 0) is 0 Å². The molecule has 6 aromatic rings. The molecule has 0 fully saturated rings. The molecule has 0 amide bonds. The second kappa shape index (κ2) is 9.79. The van der Waals surface area contributed by atoms with Gasteiger partial charge in [0.15, 0.2) is 11.6 Å². The molecule has 0 unspecified atom stereocenters. The van der Waals surface area contributed by atoms with E-state index in [0.717, 1.165) is 66.7 Å². The largest absolute Gasteiger partial charge is 0.456 e. The molecule has 0 aliphatic rings. The lowest BCUT2D eigenvalue weighted by atomic mass is 9.95. The average molecular weight is 522 g/mol. The molecule has 6 rings (SSSR count). The summed E-state index contributed by atoms with van der Waals surface area (Å²) in [7, 11) is 0. The number of rotatable bonds is 7. The number of hydrogen-bond donors (Lipinski definition) is 0. The van der Waals surface area contributed by atoms with E-state index in [1.807, 2.05) is 56.3 Å². The normalized spacial score (nSPS) is 11.2. The molecular weight excluding hydrogens is 494 g/mol. The lowest BCUT2D eigenvalue weighted by Gasteiger charge is -2.09. The van der Waals surface area contributed by atoms with Gasteiger partial charge in [-0.05, 0) is 54.8 Å². The Hall–Kier alpha value is -5.29. The predicted molar refractivity (Wildman–Crippen MR) is 165 cm³/mol. The minimum Gasteiger partial charge on any atom is -0.456 e. The van der Waals surface area contributed by atoms with E-state index in [2.05, 4.69) is 54.5 Å². The Labute approximate surface area is 232 Å². The van der Waals surface area contributed by atoms with Crippen LogP contribution in [0.5, 0.6) is 0 Å². The van der Waals surface area contributed by atoms with Crippen molar-refractivity contribution in [1.29, 1.82) is 0 Å². The molecule has 194 valence electrons. The predicted octanol–water partition coefficient (Wildman–Crippen LogP) is 9.64. The highest BCUT2D eigenvalue weighted by Crippen LogP contribution is 2.39. The zero-order valence-electron chi connectivity index (χ0n) is 22.5. The Morgan fingerprint density at radius 3 is 1.93 bits per heavy atom. The number of aryl methyl sites for hydroxylation is 1. The van der Waals surface area contributed by atoms with Crippen molar-refractivity contribution < 1.29 is 8.83 Å². The SMILES string of the molecule is C=Cc1oc2cccc(-c3nc(C)nc(-c4ccc(-c5cccc6oc(C=C)c(C(=C)C)c56)cc4)n3)c2c1C=C. The van der Waals surface area contributed by atoms with Crippen molar-refractivity contribution in [2.45, 2.75) is 13.8 Å². The smallest absolute Gasteiger partial charge is 0.164 e. The number of fused-ring (bicyclic) bond motifs is 2. The lowest BCUT2D eigenvalue weighted by molar-refractivity contribution is 0.603. The summed E-state index contributed by atoms with van der Waals surface area (Å²) in [4.78, 5) is 14.2. The number of furan rings is 2. The van der Waals surface area contributed by atoms with Crippen LogP contribution in [0.15, 0.2) is 95.8 Å². The van der Waals surface area contributed by atoms with E-state index in [0.29, 0.717) is 23.2 Å². The molecule has 3 aromatic heterocycles. The molecule has 0 spiro atoms. The Bertz CT molecular complexity index is 1990. The minimum absolute atomic E-state index is 0.572. The van der Waals surface area contributed by atoms with Gasteiger partial charge in [-0.2, -0.15) is 0 Å². The molecule has 0 aliphatic carbocycles. The van der Waals surface area contributed by atoms with Gasteiger partial charge < -0.3 is 8.83 Å². The Kier molecular flexibility index (Phi) is 6.12. The minimum atomic E-state index is 0.572. The molecule has 40 heavy (non-hydrogen) atoms. The lowest BCUT2D eigenvalue weighted by Crippen LogP contribution is -2.00. The van der Waals surface area contributed by atoms with E-state index in [1.165, 1.54) is 0 Å². The van der Waals surface area contributed by atoms with Crippen LogP contribution in [0, 0.1) is 6.92 Å². The molecule has 0 bridgehead atoms. The van der Waals surface area contributed by atoms with Gasteiger partial charge in [0.2, 0.25) is 0 Å². The maximum absolute atomic E-state index is 6.06. The van der Waals surface area contributed by atoms with Gasteiger partial charge in [-0.25, -0.2) is 15.0 Å².